The van der Waals surface area contributed by atoms with E-state index >= 15 is 0 Å². The first-order valence-electron chi connectivity index (χ1n) is 3.51. The molecule has 7 nitrogen and oxygen atoms in total. The molecule has 8 heteroatoms. The summed E-state index contributed by atoms with van der Waals surface area (Å²) >= 11 is 0. The van der Waals surface area contributed by atoms with Gasteiger partial charge in [-0.15, -0.1) is 0 Å². The van der Waals surface area contributed by atoms with Crippen LogP contribution in [0.3, 0.4) is 0 Å². The first-order chi connectivity index (χ1) is 6.18. The summed E-state index contributed by atoms with van der Waals surface area (Å²) < 4.78 is 13.3. The zero-order valence-electron chi connectivity index (χ0n) is 7.58. The summed E-state index contributed by atoms with van der Waals surface area (Å²) in [6, 6.07) is 0. The Hall–Kier alpha value is -0.880. The Morgan fingerprint density at radius 2 is 1.79 bits per heavy atom. The zero-order valence-corrected chi connectivity index (χ0v) is 8.48. The topological polar surface area (TPSA) is 124 Å². The summed E-state index contributed by atoms with van der Waals surface area (Å²) in [4.78, 5) is 31.9. The molecule has 14 heavy (non-hydrogen) atoms. The molecule has 4 N–H and O–H groups in total. The highest BCUT2D eigenvalue weighted by atomic mass is 31.2. The highest BCUT2D eigenvalue weighted by Crippen LogP contribution is 2.25. The lowest BCUT2D eigenvalue weighted by Gasteiger charge is -1.98. The van der Waals surface area contributed by atoms with Crippen molar-refractivity contribution in [2.45, 2.75) is 13.3 Å². The smallest absolute Gasteiger partial charge is 0.466 e. The third kappa shape index (κ3) is 22.5. The average molecular weight is 228 g/mol. The van der Waals surface area contributed by atoms with Crippen molar-refractivity contribution in [2.75, 3.05) is 6.61 Å². The Balaban J connectivity index is 0. The summed E-state index contributed by atoms with van der Waals surface area (Å²) in [5.74, 6) is -1.28. The quantitative estimate of drug-likeness (QED) is 0.233. The van der Waals surface area contributed by atoms with Crippen molar-refractivity contribution in [1.82, 2.24) is 0 Å². The molecule has 0 amide bonds. The second kappa shape index (κ2) is 7.52. The van der Waals surface area contributed by atoms with E-state index in [0.717, 1.165) is 6.42 Å². The van der Waals surface area contributed by atoms with Gasteiger partial charge in [-0.3, -0.25) is 0 Å². The van der Waals surface area contributed by atoms with Gasteiger partial charge in [0.05, 0.1) is 6.61 Å². The number of aliphatic hydroxyl groups excluding tert-OH is 1. The number of hydrogen-bond donors (Lipinski definition) is 4. The maximum absolute atomic E-state index is 10.3. The number of carbonyl (C=O) groups excluding carboxylic acids is 1. The Labute approximate surface area is 80.9 Å². The van der Waals surface area contributed by atoms with Crippen LogP contribution >= 0.6 is 7.82 Å². The summed E-state index contributed by atoms with van der Waals surface area (Å²) in [6.45, 7) is 5.19. The second-order valence-electron chi connectivity index (χ2n) is 2.10. The molecule has 0 unspecified atom stereocenters. The Bertz CT molecular complexity index is 222. The van der Waals surface area contributed by atoms with Gasteiger partial charge >= 0.3 is 13.8 Å². The van der Waals surface area contributed by atoms with Gasteiger partial charge in [0.15, 0.2) is 5.76 Å². The molecule has 84 valence electrons. The van der Waals surface area contributed by atoms with E-state index in [1.165, 1.54) is 0 Å². The van der Waals surface area contributed by atoms with Gasteiger partial charge in [-0.1, -0.05) is 6.92 Å². The third-order valence-corrected chi connectivity index (χ3v) is 0.673. The first kappa shape index (κ1) is 15.6. The Morgan fingerprint density at radius 1 is 1.43 bits per heavy atom. The van der Waals surface area contributed by atoms with E-state index in [4.69, 9.17) is 24.4 Å². The van der Waals surface area contributed by atoms with Crippen molar-refractivity contribution in [2.24, 2.45) is 0 Å². The molecule has 0 spiro atoms. The van der Waals surface area contributed by atoms with E-state index in [-0.39, 0.29) is 0 Å². The van der Waals surface area contributed by atoms with E-state index in [0.29, 0.717) is 6.61 Å². The summed E-state index contributed by atoms with van der Waals surface area (Å²) in [5, 5.41) is 8.38. The van der Waals surface area contributed by atoms with Gasteiger partial charge in [-0.25, -0.2) is 9.36 Å². The van der Waals surface area contributed by atoms with Crippen molar-refractivity contribution < 1.29 is 33.9 Å². The van der Waals surface area contributed by atoms with E-state index in [1.807, 2.05) is 6.92 Å². The summed E-state index contributed by atoms with van der Waals surface area (Å²) in [7, 11) is -4.64. The van der Waals surface area contributed by atoms with Crippen molar-refractivity contribution in [3.05, 3.63) is 12.3 Å². The maximum Gasteiger partial charge on any atom is 0.466 e. The molecule has 0 atom stereocenters. The number of esters is 1. The van der Waals surface area contributed by atoms with Gasteiger partial charge in [0, 0.05) is 0 Å². The molecule has 0 aromatic carbocycles. The molecule has 0 bridgehead atoms. The van der Waals surface area contributed by atoms with E-state index in [2.05, 4.69) is 11.3 Å². The summed E-state index contributed by atoms with van der Waals surface area (Å²) in [5.41, 5.74) is 0. The lowest BCUT2D eigenvalue weighted by atomic mass is 10.5. The van der Waals surface area contributed by atoms with Crippen LogP contribution in [0.25, 0.3) is 0 Å². The van der Waals surface area contributed by atoms with Gasteiger partial charge < -0.3 is 24.5 Å². The predicted molar refractivity (Wildman–Crippen MR) is 47.3 cm³/mol. The highest BCUT2D eigenvalue weighted by Gasteiger charge is 2.03. The minimum atomic E-state index is -4.64. The summed E-state index contributed by atoms with van der Waals surface area (Å²) in [6.07, 6.45) is 0.749. The SMILES string of the molecule is C=C(O)C(=O)OCCC.O=P(O)(O)O. The average Bonchev–Trinajstić information content (AvgIpc) is 1.96. The molecule has 0 radical (unpaired) electrons. The number of rotatable bonds is 3. The molecule has 0 aromatic heterocycles. The van der Waals surface area contributed by atoms with Crippen LogP contribution in [0.5, 0.6) is 0 Å². The maximum atomic E-state index is 10.3. The zero-order chi connectivity index (χ0) is 11.8. The fourth-order valence-corrected chi connectivity index (χ4v) is 0.278. The normalized spacial score (nSPS) is 9.71. The number of aliphatic hydroxyl groups is 1. The van der Waals surface area contributed by atoms with Gasteiger partial charge in [0.1, 0.15) is 0 Å². The second-order valence-corrected chi connectivity index (χ2v) is 3.12. The van der Waals surface area contributed by atoms with Gasteiger partial charge in [0.25, 0.3) is 0 Å². The van der Waals surface area contributed by atoms with Crippen molar-refractivity contribution in [3.8, 4) is 0 Å². The van der Waals surface area contributed by atoms with E-state index < -0.39 is 19.6 Å². The Kier molecular flexibility index (Phi) is 8.37. The molecule has 0 aliphatic heterocycles. The minimum Gasteiger partial charge on any atom is -0.502 e. The first-order valence-corrected chi connectivity index (χ1v) is 5.08. The van der Waals surface area contributed by atoms with Crippen LogP contribution in [0, 0.1) is 0 Å². The van der Waals surface area contributed by atoms with Gasteiger partial charge in [0.2, 0.25) is 0 Å². The molecule has 0 heterocycles. The molecule has 0 saturated carbocycles. The molecular weight excluding hydrogens is 215 g/mol. The minimum absolute atomic E-state index is 0.332. The third-order valence-electron chi connectivity index (χ3n) is 0.673. The molecule has 0 saturated heterocycles. The van der Waals surface area contributed by atoms with Crippen LogP contribution in [-0.2, 0) is 14.1 Å². The molecular formula is C6H13O7P. The fourth-order valence-electron chi connectivity index (χ4n) is 0.278. The largest absolute Gasteiger partial charge is 0.502 e. The van der Waals surface area contributed by atoms with Crippen LogP contribution in [-0.4, -0.2) is 32.4 Å². The van der Waals surface area contributed by atoms with Gasteiger partial charge in [-0.2, -0.15) is 0 Å². The molecule has 0 aliphatic rings. The van der Waals surface area contributed by atoms with Crippen LogP contribution in [0.15, 0.2) is 12.3 Å². The number of ether oxygens (including phenoxy) is 1. The van der Waals surface area contributed by atoms with Gasteiger partial charge in [-0.05, 0) is 13.0 Å². The van der Waals surface area contributed by atoms with E-state index in [1.54, 1.807) is 0 Å². The number of hydrogen-bond acceptors (Lipinski definition) is 4. The predicted octanol–water partition coefficient (Wildman–Crippen LogP) is 0.0827. The Morgan fingerprint density at radius 3 is 2.00 bits per heavy atom. The highest BCUT2D eigenvalue weighted by molar-refractivity contribution is 7.45. The standard InChI is InChI=1S/C6H10O3.H3O4P/c1-3-4-9-6(8)5(2)7;1-5(2,3)4/h7H,2-4H2,1H3;(H3,1,2,3,4). The number of phosphoric acid groups is 1. The fraction of sp³-hybridized carbons (Fsp3) is 0.500. The van der Waals surface area contributed by atoms with E-state index in [9.17, 15) is 4.79 Å². The van der Waals surface area contributed by atoms with Crippen LogP contribution in [0.4, 0.5) is 0 Å². The number of carbonyl (C=O) groups is 1. The molecule has 0 fully saturated rings. The van der Waals surface area contributed by atoms with Crippen LogP contribution in [0.1, 0.15) is 13.3 Å². The van der Waals surface area contributed by atoms with Crippen LogP contribution < -0.4 is 0 Å². The molecule has 0 aliphatic carbocycles. The molecule has 0 aromatic rings. The monoisotopic (exact) mass is 228 g/mol. The van der Waals surface area contributed by atoms with Crippen molar-refractivity contribution >= 4 is 13.8 Å². The lowest BCUT2D eigenvalue weighted by molar-refractivity contribution is -0.141. The lowest BCUT2D eigenvalue weighted by Crippen LogP contribution is -2.06. The van der Waals surface area contributed by atoms with Crippen LogP contribution in [0.2, 0.25) is 0 Å². The van der Waals surface area contributed by atoms with Crippen molar-refractivity contribution in [3.63, 3.8) is 0 Å². The van der Waals surface area contributed by atoms with Crippen molar-refractivity contribution in [1.29, 1.82) is 0 Å². The molecule has 0 rings (SSSR count).